The molecule has 1 unspecified atom stereocenters. The first-order chi connectivity index (χ1) is 12.2. The van der Waals surface area contributed by atoms with Crippen molar-refractivity contribution in [2.45, 2.75) is 31.2 Å². The van der Waals surface area contributed by atoms with E-state index >= 15 is 0 Å². The highest BCUT2D eigenvalue weighted by Crippen LogP contribution is 2.24. The highest BCUT2D eigenvalue weighted by molar-refractivity contribution is 14.0. The van der Waals surface area contributed by atoms with Crippen LogP contribution in [0.3, 0.4) is 0 Å². The Morgan fingerprint density at radius 2 is 1.96 bits per heavy atom. The second-order valence-electron chi connectivity index (χ2n) is 7.24. The molecule has 0 amide bonds. The topological polar surface area (TPSA) is 67.4 Å². The number of halogens is 1. The van der Waals surface area contributed by atoms with Crippen molar-refractivity contribution in [1.29, 1.82) is 0 Å². The summed E-state index contributed by atoms with van der Waals surface area (Å²) in [5.41, 5.74) is 0.141. The van der Waals surface area contributed by atoms with Gasteiger partial charge in [0.05, 0.1) is 13.2 Å². The van der Waals surface area contributed by atoms with Crippen molar-refractivity contribution in [1.82, 2.24) is 15.5 Å². The normalized spacial score (nSPS) is 22.9. The average molecular weight is 484 g/mol. The van der Waals surface area contributed by atoms with Crippen molar-refractivity contribution in [3.05, 3.63) is 0 Å². The summed E-state index contributed by atoms with van der Waals surface area (Å²) < 4.78 is 16.6. The number of hydrogen-bond donors (Lipinski definition) is 2. The number of nitrogens with one attached hydrogen (secondary N) is 2. The van der Waals surface area contributed by atoms with Gasteiger partial charge in [0.2, 0.25) is 0 Å². The molecule has 1 atom stereocenters. The number of aliphatic imine (C=N–C) groups is 1. The Labute approximate surface area is 175 Å². The third-order valence-electron chi connectivity index (χ3n) is 5.32. The third kappa shape index (κ3) is 7.84. The van der Waals surface area contributed by atoms with Crippen molar-refractivity contribution < 1.29 is 14.2 Å². The molecule has 0 aromatic heterocycles. The monoisotopic (exact) mass is 484 g/mol. The van der Waals surface area contributed by atoms with Crippen LogP contribution >= 0.6 is 24.0 Å². The van der Waals surface area contributed by atoms with E-state index in [1.165, 1.54) is 0 Å². The van der Waals surface area contributed by atoms with Crippen molar-refractivity contribution in [3.63, 3.8) is 0 Å². The first-order valence-corrected chi connectivity index (χ1v) is 9.51. The standard InChI is InChI=1S/C18H36N4O3.HI/c1-19-17(20-8-4-9-24-13-16-5-10-25-14-16)21-15-18(22(2)3)6-11-23-12-7-18;/h16H,4-15H2,1-3H3,(H2,19,20,21);1H. The fourth-order valence-electron chi connectivity index (χ4n) is 3.35. The van der Waals surface area contributed by atoms with Crippen LogP contribution in [0.2, 0.25) is 0 Å². The van der Waals surface area contributed by atoms with E-state index in [1.807, 2.05) is 7.05 Å². The first-order valence-electron chi connectivity index (χ1n) is 9.51. The van der Waals surface area contributed by atoms with Gasteiger partial charge in [0.1, 0.15) is 0 Å². The molecule has 7 nitrogen and oxygen atoms in total. The number of guanidine groups is 1. The maximum atomic E-state index is 5.73. The second kappa shape index (κ2) is 13.1. The quantitative estimate of drug-likeness (QED) is 0.223. The molecule has 26 heavy (non-hydrogen) atoms. The summed E-state index contributed by atoms with van der Waals surface area (Å²) in [7, 11) is 6.12. The van der Waals surface area contributed by atoms with Crippen LogP contribution in [-0.2, 0) is 14.2 Å². The minimum Gasteiger partial charge on any atom is -0.381 e. The lowest BCUT2D eigenvalue weighted by atomic mass is 9.88. The highest BCUT2D eigenvalue weighted by atomic mass is 127. The number of likely N-dealkylation sites (N-methyl/N-ethyl adjacent to an activating group) is 1. The summed E-state index contributed by atoms with van der Waals surface area (Å²) in [5, 5.41) is 6.86. The molecule has 8 heteroatoms. The van der Waals surface area contributed by atoms with Gasteiger partial charge in [-0.1, -0.05) is 0 Å². The van der Waals surface area contributed by atoms with Gasteiger partial charge in [-0.25, -0.2) is 0 Å². The fourth-order valence-corrected chi connectivity index (χ4v) is 3.35. The Morgan fingerprint density at radius 1 is 1.19 bits per heavy atom. The Balaban J connectivity index is 0.00000338. The molecule has 0 aromatic carbocycles. The van der Waals surface area contributed by atoms with Gasteiger partial charge in [0, 0.05) is 58.0 Å². The van der Waals surface area contributed by atoms with Crippen LogP contribution in [0, 0.1) is 5.92 Å². The summed E-state index contributed by atoms with van der Waals surface area (Å²) in [4.78, 5) is 6.65. The SMILES string of the molecule is CN=C(NCCCOCC1CCOC1)NCC1(N(C)C)CCOCC1.I. The molecule has 0 saturated carbocycles. The van der Waals surface area contributed by atoms with Crippen molar-refractivity contribution in [3.8, 4) is 0 Å². The molecule has 2 rings (SSSR count). The molecule has 2 saturated heterocycles. The van der Waals surface area contributed by atoms with E-state index in [0.29, 0.717) is 5.92 Å². The Kier molecular flexibility index (Phi) is 12.0. The smallest absolute Gasteiger partial charge is 0.191 e. The zero-order chi connectivity index (χ0) is 18.0. The number of hydrogen-bond acceptors (Lipinski definition) is 5. The van der Waals surface area contributed by atoms with Gasteiger partial charge >= 0.3 is 0 Å². The van der Waals surface area contributed by atoms with Gasteiger partial charge in [0.25, 0.3) is 0 Å². The molecule has 0 spiro atoms. The van der Waals surface area contributed by atoms with E-state index < -0.39 is 0 Å². The minimum absolute atomic E-state index is 0. The van der Waals surface area contributed by atoms with Gasteiger partial charge in [-0.05, 0) is 39.8 Å². The summed E-state index contributed by atoms with van der Waals surface area (Å²) in [6.07, 6.45) is 4.19. The molecule has 2 aliphatic heterocycles. The van der Waals surface area contributed by atoms with E-state index in [-0.39, 0.29) is 29.5 Å². The highest BCUT2D eigenvalue weighted by Gasteiger charge is 2.34. The molecule has 2 N–H and O–H groups in total. The van der Waals surface area contributed by atoms with Crippen LogP contribution in [-0.4, -0.2) is 90.3 Å². The molecule has 2 fully saturated rings. The van der Waals surface area contributed by atoms with Crippen LogP contribution in [0.25, 0.3) is 0 Å². The molecule has 0 aliphatic carbocycles. The zero-order valence-corrected chi connectivity index (χ0v) is 18.9. The lowest BCUT2D eigenvalue weighted by Crippen LogP contribution is -2.57. The molecule has 0 aromatic rings. The Morgan fingerprint density at radius 3 is 2.58 bits per heavy atom. The average Bonchev–Trinajstić information content (AvgIpc) is 3.14. The van der Waals surface area contributed by atoms with Crippen molar-refractivity contribution in [2.24, 2.45) is 10.9 Å². The molecule has 0 radical (unpaired) electrons. The van der Waals surface area contributed by atoms with Crippen LogP contribution in [0.1, 0.15) is 25.7 Å². The van der Waals surface area contributed by atoms with Crippen LogP contribution < -0.4 is 10.6 Å². The molecule has 2 aliphatic rings. The summed E-state index contributed by atoms with van der Waals surface area (Å²) in [5.74, 6) is 1.45. The van der Waals surface area contributed by atoms with E-state index in [0.717, 1.165) is 84.4 Å². The van der Waals surface area contributed by atoms with E-state index in [1.54, 1.807) is 0 Å². The van der Waals surface area contributed by atoms with Crippen molar-refractivity contribution >= 4 is 29.9 Å². The summed E-state index contributed by atoms with van der Waals surface area (Å²) in [6, 6.07) is 0. The number of nitrogens with zero attached hydrogens (tertiary/aromatic N) is 2. The first kappa shape index (κ1) is 23.9. The van der Waals surface area contributed by atoms with E-state index in [2.05, 4.69) is 34.6 Å². The van der Waals surface area contributed by atoms with E-state index in [4.69, 9.17) is 14.2 Å². The minimum atomic E-state index is 0. The number of rotatable bonds is 9. The van der Waals surface area contributed by atoms with Crippen LogP contribution in [0.4, 0.5) is 0 Å². The molecule has 154 valence electrons. The van der Waals surface area contributed by atoms with Gasteiger partial charge < -0.3 is 29.7 Å². The zero-order valence-electron chi connectivity index (χ0n) is 16.6. The lowest BCUT2D eigenvalue weighted by Gasteiger charge is -2.43. The largest absolute Gasteiger partial charge is 0.381 e. The van der Waals surface area contributed by atoms with Gasteiger partial charge in [-0.15, -0.1) is 24.0 Å². The Bertz CT molecular complexity index is 398. The summed E-state index contributed by atoms with van der Waals surface area (Å²) >= 11 is 0. The fraction of sp³-hybridized carbons (Fsp3) is 0.944. The van der Waals surface area contributed by atoms with Crippen molar-refractivity contribution in [2.75, 3.05) is 73.9 Å². The maximum Gasteiger partial charge on any atom is 0.191 e. The van der Waals surface area contributed by atoms with E-state index in [9.17, 15) is 0 Å². The van der Waals surface area contributed by atoms with Crippen LogP contribution in [0.5, 0.6) is 0 Å². The third-order valence-corrected chi connectivity index (χ3v) is 5.32. The maximum absolute atomic E-state index is 5.73. The van der Waals surface area contributed by atoms with Gasteiger partial charge in [-0.3, -0.25) is 4.99 Å². The van der Waals surface area contributed by atoms with Gasteiger partial charge in [0.15, 0.2) is 5.96 Å². The predicted octanol–water partition coefficient (Wildman–Crippen LogP) is 1.32. The lowest BCUT2D eigenvalue weighted by molar-refractivity contribution is -0.00501. The summed E-state index contributed by atoms with van der Waals surface area (Å²) in [6.45, 7) is 6.73. The van der Waals surface area contributed by atoms with Gasteiger partial charge in [-0.2, -0.15) is 0 Å². The molecular formula is C18H37IN4O3. The Hall–Kier alpha value is -0.160. The molecule has 2 heterocycles. The predicted molar refractivity (Wildman–Crippen MR) is 116 cm³/mol. The number of ether oxygens (including phenoxy) is 3. The van der Waals surface area contributed by atoms with Crippen LogP contribution in [0.15, 0.2) is 4.99 Å². The molecule has 0 bridgehead atoms. The molecular weight excluding hydrogens is 447 g/mol. The second-order valence-corrected chi connectivity index (χ2v) is 7.24.